The zero-order valence-electron chi connectivity index (χ0n) is 48.1. The van der Waals surface area contributed by atoms with E-state index in [4.69, 9.17) is 9.16 Å². The number of allylic oxidation sites excluding steroid dienone is 1. The zero-order chi connectivity index (χ0) is 60.5. The third-order valence-corrected chi connectivity index (χ3v) is 24.4. The number of likely N-dealkylation sites (N-methyl/N-ethyl adjacent to an activating group) is 2. The summed E-state index contributed by atoms with van der Waals surface area (Å²) in [6.45, 7) is 8.93. The minimum absolute atomic E-state index is 0.0487. The third kappa shape index (κ3) is 7.26. The Morgan fingerprint density at radius 3 is 1.69 bits per heavy atom. The molecule has 6 aromatic carbocycles. The monoisotopic (exact) mass is 1210 g/mol. The van der Waals surface area contributed by atoms with Crippen LogP contribution < -0.4 is 13.9 Å². The maximum Gasteiger partial charge on any atom is 0.418 e. The van der Waals surface area contributed by atoms with Gasteiger partial charge in [-0.25, -0.2) is 30.2 Å². The van der Waals surface area contributed by atoms with E-state index < -0.39 is 99.3 Å². The SMILES string of the molecule is CN1CC(=O)N2[C@H](C1=O)[C@@H](O)[C@]1(C3=CCc4ccccc43)c3ccccc3N(S(=O)(=O)c3ccccc3)[C@H]21.CN1CC(=O)N2[C@H](C1=O)[C@H]1O[Si](C)(C)c3c(c4ccccc4n3C(=O)OC(C)(C)C)[C@]13c1ccccc1N(S(=O)(=O)c1ccccc1)[C@H]23. The van der Waals surface area contributed by atoms with Crippen LogP contribution in [-0.2, 0) is 65.6 Å². The molecule has 0 bridgehead atoms. The molecule has 8 atom stereocenters. The number of aliphatic hydroxyl groups excluding tert-OH is 1. The smallest absolute Gasteiger partial charge is 0.418 e. The number of rotatable bonds is 5. The minimum atomic E-state index is -4.31. The Hall–Kier alpha value is -8.41. The number of fused-ring (bicyclic) bond motifs is 13. The van der Waals surface area contributed by atoms with Gasteiger partial charge in [-0.15, -0.1) is 0 Å². The number of aliphatic hydroxyl groups is 1. The van der Waals surface area contributed by atoms with E-state index in [1.807, 2.05) is 85.9 Å². The summed E-state index contributed by atoms with van der Waals surface area (Å²) in [7, 11) is -8.55. The summed E-state index contributed by atoms with van der Waals surface area (Å²) in [5, 5.41) is 13.6. The first-order valence-electron chi connectivity index (χ1n) is 28.4. The molecule has 0 saturated carbocycles. The molecule has 7 aromatic rings. The molecule has 4 saturated heterocycles. The lowest BCUT2D eigenvalue weighted by Gasteiger charge is -2.46. The number of piperazine rings is 2. The Labute approximate surface area is 498 Å². The molecule has 1 aliphatic carbocycles. The molecule has 0 unspecified atom stereocenters. The number of carbonyl (C=O) groups is 5. The van der Waals surface area contributed by atoms with Crippen LogP contribution in [0.4, 0.5) is 16.2 Å². The van der Waals surface area contributed by atoms with Crippen LogP contribution in [0.25, 0.3) is 16.5 Å². The number of benzene rings is 6. The molecule has 86 heavy (non-hydrogen) atoms. The molecule has 1 spiro atoms. The summed E-state index contributed by atoms with van der Waals surface area (Å²) in [4.78, 5) is 75.5. The summed E-state index contributed by atoms with van der Waals surface area (Å²) in [6, 6.07) is 43.4. The van der Waals surface area contributed by atoms with E-state index in [1.165, 1.54) is 59.5 Å². The van der Waals surface area contributed by atoms with Crippen LogP contribution in [0.15, 0.2) is 174 Å². The van der Waals surface area contributed by atoms with Crippen molar-refractivity contribution in [1.29, 1.82) is 0 Å². The van der Waals surface area contributed by atoms with Crippen LogP contribution in [0, 0.1) is 0 Å². The Balaban J connectivity index is 0.000000156. The fraction of sp³-hybridized carbons (Fsp3) is 0.297. The number of nitrogens with zero attached hydrogens (tertiary/aromatic N) is 7. The molecular weight excluding hydrogens is 1150 g/mol. The van der Waals surface area contributed by atoms with Crippen molar-refractivity contribution in [2.75, 3.05) is 35.8 Å². The third-order valence-electron chi connectivity index (χ3n) is 18.4. The second-order valence-corrected chi connectivity index (χ2v) is 32.0. The molecule has 15 rings (SSSR count). The molecule has 8 aliphatic rings. The van der Waals surface area contributed by atoms with E-state index in [2.05, 4.69) is 0 Å². The van der Waals surface area contributed by atoms with Gasteiger partial charge in [-0.3, -0.25) is 23.7 Å². The minimum Gasteiger partial charge on any atom is -0.443 e. The van der Waals surface area contributed by atoms with Gasteiger partial charge in [0, 0.05) is 24.8 Å². The van der Waals surface area contributed by atoms with Gasteiger partial charge in [-0.2, -0.15) is 0 Å². The van der Waals surface area contributed by atoms with Gasteiger partial charge in [0.25, 0.3) is 20.0 Å². The van der Waals surface area contributed by atoms with E-state index >= 15 is 0 Å². The van der Waals surface area contributed by atoms with E-state index in [0.29, 0.717) is 50.7 Å². The highest BCUT2D eigenvalue weighted by Gasteiger charge is 2.77. The van der Waals surface area contributed by atoms with Gasteiger partial charge in [0.2, 0.25) is 31.9 Å². The lowest BCUT2D eigenvalue weighted by molar-refractivity contribution is -0.156. The van der Waals surface area contributed by atoms with E-state index in [0.717, 1.165) is 16.7 Å². The number of para-hydroxylation sites is 3. The molecule has 19 nitrogen and oxygen atoms in total. The summed E-state index contributed by atoms with van der Waals surface area (Å²) in [5.74, 6) is -1.53. The lowest BCUT2D eigenvalue weighted by Crippen LogP contribution is -2.67. The average Bonchev–Trinajstić information content (AvgIpc) is 1.49. The number of anilines is 2. The first-order valence-corrected chi connectivity index (χ1v) is 34.2. The van der Waals surface area contributed by atoms with Gasteiger partial charge in [0.1, 0.15) is 36.1 Å². The molecule has 440 valence electrons. The van der Waals surface area contributed by atoms with E-state index in [-0.39, 0.29) is 34.7 Å². The molecule has 0 radical (unpaired) electrons. The van der Waals surface area contributed by atoms with Gasteiger partial charge in [0.05, 0.1) is 56.7 Å². The van der Waals surface area contributed by atoms with Crippen molar-refractivity contribution in [3.8, 4) is 0 Å². The Kier molecular flexibility index (Phi) is 12.1. The maximum absolute atomic E-state index is 14.9. The van der Waals surface area contributed by atoms with Gasteiger partial charge >= 0.3 is 6.09 Å². The number of amides is 4. The lowest BCUT2D eigenvalue weighted by atomic mass is 9.68. The standard InChI is InChI=1S/C35H36N4O7SSi.C29H25N3O5S/c1-34(2,3)45-33(42)37-24-18-12-10-16-22(24)27-31(37)48(5,6)46-29-28-30(41)36(4)20-26(40)38(28)32-35(27,29)23-17-11-13-19-25(23)39(32)47(43,44)21-14-8-7-9-15-21;1-30-17-24(33)31-25(27(30)35)26(34)29(21-16-15-18-9-5-6-12-20(18)21)22-13-7-8-14-23(22)32(28(29)31)38(36,37)19-10-3-2-4-11-19/h7-19,28-29,32H,20H2,1-6H3;2-14,16,25-26,28,34H,15,17H2,1H3/t28-,29+,32-,35+;25-,26+,28-,29-/m00/s1. The molecular formula is C64H61N7O12S2Si. The zero-order valence-corrected chi connectivity index (χ0v) is 50.7. The highest BCUT2D eigenvalue weighted by atomic mass is 32.2. The summed E-state index contributed by atoms with van der Waals surface area (Å²) < 4.78 is 75.8. The number of carbonyl (C=O) groups excluding carboxylic acids is 5. The van der Waals surface area contributed by atoms with Crippen molar-refractivity contribution in [1.82, 2.24) is 24.2 Å². The Morgan fingerprint density at radius 1 is 0.628 bits per heavy atom. The van der Waals surface area contributed by atoms with Crippen molar-refractivity contribution >= 4 is 91.3 Å². The molecule has 4 fully saturated rings. The molecule has 8 heterocycles. The van der Waals surface area contributed by atoms with Crippen molar-refractivity contribution in [2.24, 2.45) is 0 Å². The van der Waals surface area contributed by atoms with Crippen molar-refractivity contribution < 1.29 is 55.1 Å². The average molecular weight is 1210 g/mol. The first kappa shape index (κ1) is 55.5. The molecule has 1 aromatic heterocycles. The van der Waals surface area contributed by atoms with Crippen molar-refractivity contribution in [3.63, 3.8) is 0 Å². The predicted molar refractivity (Wildman–Crippen MR) is 321 cm³/mol. The van der Waals surface area contributed by atoms with Crippen molar-refractivity contribution in [3.05, 3.63) is 192 Å². The largest absolute Gasteiger partial charge is 0.443 e. The van der Waals surface area contributed by atoms with Crippen molar-refractivity contribution in [2.45, 2.75) is 103 Å². The number of ether oxygens (including phenoxy) is 1. The molecule has 1 N–H and O–H groups in total. The molecule has 7 aliphatic heterocycles. The van der Waals surface area contributed by atoms with Gasteiger partial charge < -0.3 is 33.9 Å². The second kappa shape index (κ2) is 18.8. The van der Waals surface area contributed by atoms with Crippen LogP contribution in [0.2, 0.25) is 13.1 Å². The summed E-state index contributed by atoms with van der Waals surface area (Å²) in [5.41, 5.74) is 2.35. The normalized spacial score (nSPS) is 26.6. The van der Waals surface area contributed by atoms with Gasteiger partial charge in [-0.05, 0) is 116 Å². The van der Waals surface area contributed by atoms with Crippen LogP contribution in [0.5, 0.6) is 0 Å². The summed E-state index contributed by atoms with van der Waals surface area (Å²) >= 11 is 0. The molecule has 4 amide bonds. The van der Waals surface area contributed by atoms with Crippen LogP contribution in [0.3, 0.4) is 0 Å². The highest BCUT2D eigenvalue weighted by molar-refractivity contribution is 7.93. The van der Waals surface area contributed by atoms with Crippen LogP contribution in [0.1, 0.15) is 48.6 Å². The van der Waals surface area contributed by atoms with Crippen LogP contribution >= 0.6 is 0 Å². The number of aromatic nitrogens is 1. The van der Waals surface area contributed by atoms with Gasteiger partial charge in [0.15, 0.2) is 0 Å². The number of sulfonamides is 2. The number of hydrogen-bond donors (Lipinski definition) is 1. The Morgan fingerprint density at radius 2 is 1.10 bits per heavy atom. The predicted octanol–water partition coefficient (Wildman–Crippen LogP) is 5.88. The highest BCUT2D eigenvalue weighted by Crippen LogP contribution is 2.65. The fourth-order valence-corrected chi connectivity index (χ4v) is 21.4. The quantitative estimate of drug-likeness (QED) is 0.200. The Bertz CT molecular complexity index is 4380. The van der Waals surface area contributed by atoms with Crippen LogP contribution in [-0.4, -0.2) is 154 Å². The second-order valence-electron chi connectivity index (χ2n) is 24.7. The molecule has 22 heteroatoms. The first-order chi connectivity index (χ1) is 40.9. The topological polar surface area (TPSA) is 217 Å². The summed E-state index contributed by atoms with van der Waals surface area (Å²) in [6.07, 6.45) is -2.67. The number of hydrogen-bond acceptors (Lipinski definition) is 12. The van der Waals surface area contributed by atoms with Gasteiger partial charge in [-0.1, -0.05) is 121 Å². The van der Waals surface area contributed by atoms with E-state index in [9.17, 15) is 45.9 Å². The fourth-order valence-electron chi connectivity index (χ4n) is 15.3. The van der Waals surface area contributed by atoms with E-state index in [1.54, 1.807) is 99.1 Å². The maximum atomic E-state index is 14.9.